The minimum atomic E-state index is -0.455. The highest BCUT2D eigenvalue weighted by atomic mass is 32.1. The van der Waals surface area contributed by atoms with Gasteiger partial charge >= 0.3 is 0 Å². The minimum Gasteiger partial charge on any atom is -0.289 e. The number of amides is 1. The zero-order valence-electron chi connectivity index (χ0n) is 12.8. The molecule has 0 saturated heterocycles. The highest BCUT2D eigenvalue weighted by molar-refractivity contribution is 7.19. The molecule has 0 bridgehead atoms. The Morgan fingerprint density at radius 2 is 2.30 bits per heavy atom. The van der Waals surface area contributed by atoms with Crippen molar-refractivity contribution in [1.29, 1.82) is 0 Å². The van der Waals surface area contributed by atoms with Crippen LogP contribution in [0.2, 0.25) is 0 Å². The Hall–Kier alpha value is -2.25. The molecule has 0 fully saturated rings. The molecule has 1 aliphatic rings. The summed E-state index contributed by atoms with van der Waals surface area (Å²) >= 11 is 1.80. The summed E-state index contributed by atoms with van der Waals surface area (Å²) in [5.41, 5.74) is 3.72. The number of nitrogens with one attached hydrogen (secondary N) is 1. The molecule has 1 aliphatic heterocycles. The monoisotopic (exact) mass is 330 g/mol. The van der Waals surface area contributed by atoms with Crippen LogP contribution in [0.15, 0.2) is 46.4 Å². The molecule has 2 heterocycles. The third-order valence-corrected chi connectivity index (χ3v) is 4.95. The predicted octanol–water partition coefficient (Wildman–Crippen LogP) is 3.43. The Balaban J connectivity index is 1.72. The van der Waals surface area contributed by atoms with E-state index in [4.69, 9.17) is 5.21 Å². The second-order valence-electron chi connectivity index (χ2n) is 5.30. The first-order valence-electron chi connectivity index (χ1n) is 7.49. The normalized spacial score (nSPS) is 15.7. The van der Waals surface area contributed by atoms with Crippen LogP contribution in [-0.2, 0) is 17.8 Å². The average molecular weight is 330 g/mol. The SMILES string of the molecule is CCc1c(CN2C/C(=C/CC(=O)NO)N=N2)sc2ccccc12. The van der Waals surface area contributed by atoms with E-state index in [0.29, 0.717) is 6.54 Å². The molecule has 2 N–H and O–H groups in total. The molecule has 3 rings (SSSR count). The molecule has 1 amide bonds. The quantitative estimate of drug-likeness (QED) is 0.651. The minimum absolute atomic E-state index is 0.0990. The average Bonchev–Trinajstić information content (AvgIpc) is 3.16. The first-order valence-corrected chi connectivity index (χ1v) is 8.30. The molecule has 0 radical (unpaired) electrons. The molecule has 1 aromatic carbocycles. The summed E-state index contributed by atoms with van der Waals surface area (Å²) in [6.45, 7) is 3.47. The maximum absolute atomic E-state index is 11.0. The summed E-state index contributed by atoms with van der Waals surface area (Å²) in [7, 11) is 0. The van der Waals surface area contributed by atoms with Gasteiger partial charge in [0.05, 0.1) is 18.8 Å². The maximum Gasteiger partial charge on any atom is 0.247 e. The number of carbonyl (C=O) groups excluding carboxylic acids is 1. The second-order valence-corrected chi connectivity index (χ2v) is 6.44. The van der Waals surface area contributed by atoms with Crippen molar-refractivity contribution in [2.45, 2.75) is 26.3 Å². The van der Waals surface area contributed by atoms with Crippen LogP contribution < -0.4 is 5.48 Å². The number of hydroxylamine groups is 1. The van der Waals surface area contributed by atoms with Gasteiger partial charge in [-0.25, -0.2) is 5.48 Å². The number of aryl methyl sites for hydroxylation is 1. The van der Waals surface area contributed by atoms with E-state index in [1.54, 1.807) is 22.9 Å². The number of thiophene rings is 1. The molecule has 120 valence electrons. The third-order valence-electron chi connectivity index (χ3n) is 3.75. The highest BCUT2D eigenvalue weighted by Gasteiger charge is 2.17. The van der Waals surface area contributed by atoms with Crippen LogP contribution in [0.5, 0.6) is 0 Å². The van der Waals surface area contributed by atoms with Gasteiger partial charge in [0.15, 0.2) is 0 Å². The molecule has 6 nitrogen and oxygen atoms in total. The van der Waals surface area contributed by atoms with Gasteiger partial charge in [-0.2, -0.15) is 0 Å². The van der Waals surface area contributed by atoms with Crippen molar-refractivity contribution in [3.05, 3.63) is 46.5 Å². The van der Waals surface area contributed by atoms with Crippen LogP contribution in [0.25, 0.3) is 10.1 Å². The number of fused-ring (bicyclic) bond motifs is 1. The topological polar surface area (TPSA) is 77.3 Å². The van der Waals surface area contributed by atoms with Crippen molar-refractivity contribution < 1.29 is 10.0 Å². The van der Waals surface area contributed by atoms with Crippen molar-refractivity contribution in [2.75, 3.05) is 6.54 Å². The Labute approximate surface area is 138 Å². The lowest BCUT2D eigenvalue weighted by Gasteiger charge is -2.11. The van der Waals surface area contributed by atoms with Gasteiger partial charge in [-0.15, -0.1) is 16.5 Å². The number of rotatable bonds is 5. The summed E-state index contributed by atoms with van der Waals surface area (Å²) in [5.74, 6) is -0.455. The van der Waals surface area contributed by atoms with Crippen molar-refractivity contribution >= 4 is 27.3 Å². The van der Waals surface area contributed by atoms with Crippen molar-refractivity contribution in [1.82, 2.24) is 10.5 Å². The molecule has 23 heavy (non-hydrogen) atoms. The lowest BCUT2D eigenvalue weighted by molar-refractivity contribution is -0.128. The van der Waals surface area contributed by atoms with E-state index in [9.17, 15) is 4.79 Å². The van der Waals surface area contributed by atoms with E-state index in [1.807, 2.05) is 5.01 Å². The van der Waals surface area contributed by atoms with Crippen LogP contribution in [0, 0.1) is 0 Å². The predicted molar refractivity (Wildman–Crippen MR) is 89.1 cm³/mol. The molecule has 0 unspecified atom stereocenters. The fraction of sp³-hybridized carbons (Fsp3) is 0.312. The molecule has 0 aliphatic carbocycles. The van der Waals surface area contributed by atoms with Gasteiger partial charge in [0, 0.05) is 16.0 Å². The zero-order valence-corrected chi connectivity index (χ0v) is 13.6. The molecule has 0 saturated carbocycles. The van der Waals surface area contributed by atoms with Gasteiger partial charge in [0.2, 0.25) is 5.91 Å². The molecule has 0 spiro atoms. The first kappa shape index (κ1) is 15.6. The van der Waals surface area contributed by atoms with Crippen molar-refractivity contribution in [3.8, 4) is 0 Å². The van der Waals surface area contributed by atoms with Crippen molar-refractivity contribution in [2.24, 2.45) is 10.3 Å². The molecule has 1 aromatic heterocycles. The van der Waals surface area contributed by atoms with Gasteiger partial charge in [-0.1, -0.05) is 30.3 Å². The lowest BCUT2D eigenvalue weighted by atomic mass is 10.1. The van der Waals surface area contributed by atoms with E-state index >= 15 is 0 Å². The Kier molecular flexibility index (Phi) is 4.68. The molecule has 7 heteroatoms. The van der Waals surface area contributed by atoms with E-state index < -0.39 is 5.91 Å². The largest absolute Gasteiger partial charge is 0.289 e. The molecular weight excluding hydrogens is 312 g/mol. The van der Waals surface area contributed by atoms with Crippen LogP contribution in [0.1, 0.15) is 23.8 Å². The summed E-state index contributed by atoms with van der Waals surface area (Å²) in [6, 6.07) is 8.44. The van der Waals surface area contributed by atoms with E-state index in [1.165, 1.54) is 20.5 Å². The van der Waals surface area contributed by atoms with Crippen LogP contribution in [0.4, 0.5) is 0 Å². The second kappa shape index (κ2) is 6.89. The molecule has 2 aromatic rings. The fourth-order valence-electron chi connectivity index (χ4n) is 2.65. The summed E-state index contributed by atoms with van der Waals surface area (Å²) in [5, 5.41) is 20.0. The zero-order chi connectivity index (χ0) is 16.2. The molecular formula is C16H18N4O2S. The van der Waals surface area contributed by atoms with Crippen LogP contribution >= 0.6 is 11.3 Å². The smallest absolute Gasteiger partial charge is 0.247 e. The highest BCUT2D eigenvalue weighted by Crippen LogP contribution is 2.33. The van der Waals surface area contributed by atoms with Gasteiger partial charge < -0.3 is 0 Å². The Morgan fingerprint density at radius 3 is 3.09 bits per heavy atom. The number of carbonyl (C=O) groups is 1. The van der Waals surface area contributed by atoms with E-state index in [0.717, 1.165) is 18.7 Å². The van der Waals surface area contributed by atoms with Gasteiger partial charge in [0.25, 0.3) is 0 Å². The lowest BCUT2D eigenvalue weighted by Crippen LogP contribution is -2.18. The van der Waals surface area contributed by atoms with Crippen molar-refractivity contribution in [3.63, 3.8) is 0 Å². The van der Waals surface area contributed by atoms with Gasteiger partial charge in [-0.3, -0.25) is 15.0 Å². The number of hydrogen-bond donors (Lipinski definition) is 2. The third kappa shape index (κ3) is 3.40. The standard InChI is InChI=1S/C16H18N4O2S/c1-2-12-13-5-3-4-6-14(13)23-15(12)10-20-9-11(17-19-20)7-8-16(21)18-22/h3-7,22H,2,8-10H2,1H3,(H,18,21)/b11-7-. The van der Waals surface area contributed by atoms with E-state index in [-0.39, 0.29) is 6.42 Å². The van der Waals surface area contributed by atoms with Gasteiger partial charge in [0.1, 0.15) is 0 Å². The fourth-order valence-corrected chi connectivity index (χ4v) is 3.95. The van der Waals surface area contributed by atoms with E-state index in [2.05, 4.69) is 41.5 Å². The summed E-state index contributed by atoms with van der Waals surface area (Å²) in [6.07, 6.45) is 2.77. The summed E-state index contributed by atoms with van der Waals surface area (Å²) < 4.78 is 1.30. The number of hydrogen-bond acceptors (Lipinski definition) is 6. The number of nitrogens with zero attached hydrogens (tertiary/aromatic N) is 3. The van der Waals surface area contributed by atoms with Crippen LogP contribution in [-0.4, -0.2) is 22.7 Å². The van der Waals surface area contributed by atoms with Gasteiger partial charge in [-0.05, 0) is 29.5 Å². The number of benzene rings is 1. The Bertz CT molecular complexity index is 781. The molecule has 0 atom stereocenters. The Morgan fingerprint density at radius 1 is 1.48 bits per heavy atom. The first-order chi connectivity index (χ1) is 11.2. The van der Waals surface area contributed by atoms with Crippen LogP contribution in [0.3, 0.4) is 0 Å². The summed E-state index contributed by atoms with van der Waals surface area (Å²) in [4.78, 5) is 12.3. The maximum atomic E-state index is 11.0.